The maximum Gasteiger partial charge on any atom is 0.247 e. The third kappa shape index (κ3) is 3.94. The summed E-state index contributed by atoms with van der Waals surface area (Å²) in [6, 6.07) is 0. The summed E-state index contributed by atoms with van der Waals surface area (Å²) in [5, 5.41) is 0. The minimum Gasteiger partial charge on any atom is -0.322 e. The Kier molecular flexibility index (Phi) is 6.07. The molecular formula is C5H13O2PS2. The van der Waals surface area contributed by atoms with E-state index in [1.54, 1.807) is 0 Å². The molecule has 0 fully saturated rings. The van der Waals surface area contributed by atoms with Gasteiger partial charge < -0.3 is 9.05 Å². The fraction of sp³-hybridized carbons (Fsp3) is 1.00. The van der Waals surface area contributed by atoms with Crippen molar-refractivity contribution in [2.24, 2.45) is 0 Å². The average Bonchev–Trinajstić information content (AvgIpc) is 1.89. The molecule has 5 heteroatoms. The van der Waals surface area contributed by atoms with Crippen LogP contribution in [0.1, 0.15) is 13.8 Å². The Morgan fingerprint density at radius 3 is 1.90 bits per heavy atom. The largest absolute Gasteiger partial charge is 0.322 e. The fourth-order valence-electron chi connectivity index (χ4n) is 0.459. The lowest BCUT2D eigenvalue weighted by Gasteiger charge is -2.17. The molecule has 0 unspecified atom stereocenters. The van der Waals surface area contributed by atoms with Gasteiger partial charge in [0.2, 0.25) is 5.69 Å². The van der Waals surface area contributed by atoms with Crippen LogP contribution in [0.2, 0.25) is 0 Å². The SMILES string of the molecule is CCOP(=S)(OCC)SC. The van der Waals surface area contributed by atoms with Crippen LogP contribution in [0.15, 0.2) is 0 Å². The molecule has 0 aliphatic rings. The van der Waals surface area contributed by atoms with Crippen molar-refractivity contribution >= 4 is 28.9 Å². The zero-order valence-electron chi connectivity index (χ0n) is 6.49. The lowest BCUT2D eigenvalue weighted by molar-refractivity contribution is 0.280. The van der Waals surface area contributed by atoms with Gasteiger partial charge in [-0.3, -0.25) is 0 Å². The fourth-order valence-corrected chi connectivity index (χ4v) is 3.27. The predicted molar refractivity (Wildman–Crippen MR) is 51.1 cm³/mol. The Balaban J connectivity index is 3.83. The minimum absolute atomic E-state index is 0.637. The van der Waals surface area contributed by atoms with Crippen LogP contribution in [0.4, 0.5) is 0 Å². The average molecular weight is 200 g/mol. The van der Waals surface area contributed by atoms with Gasteiger partial charge in [0.05, 0.1) is 13.2 Å². The highest BCUT2D eigenvalue weighted by atomic mass is 32.9. The zero-order chi connectivity index (χ0) is 8.04. The van der Waals surface area contributed by atoms with Crippen molar-refractivity contribution in [1.82, 2.24) is 0 Å². The summed E-state index contributed by atoms with van der Waals surface area (Å²) in [4.78, 5) is 0. The normalized spacial score (nSPS) is 11.9. The van der Waals surface area contributed by atoms with E-state index in [0.717, 1.165) is 0 Å². The van der Waals surface area contributed by atoms with Crippen molar-refractivity contribution in [2.45, 2.75) is 13.8 Å². The molecular weight excluding hydrogens is 187 g/mol. The molecule has 0 rings (SSSR count). The summed E-state index contributed by atoms with van der Waals surface area (Å²) in [6.07, 6.45) is 1.92. The first-order valence-electron chi connectivity index (χ1n) is 3.13. The van der Waals surface area contributed by atoms with Crippen molar-refractivity contribution in [3.05, 3.63) is 0 Å². The van der Waals surface area contributed by atoms with Crippen molar-refractivity contribution < 1.29 is 9.05 Å². The van der Waals surface area contributed by atoms with Gasteiger partial charge in [-0.1, -0.05) is 11.4 Å². The van der Waals surface area contributed by atoms with Crippen LogP contribution >= 0.6 is 17.1 Å². The Bertz CT molecular complexity index is 119. The number of hydrogen-bond donors (Lipinski definition) is 0. The van der Waals surface area contributed by atoms with Crippen LogP contribution in [0.25, 0.3) is 0 Å². The van der Waals surface area contributed by atoms with E-state index in [0.29, 0.717) is 13.2 Å². The molecule has 0 atom stereocenters. The molecule has 0 aromatic carbocycles. The molecule has 0 aromatic rings. The van der Waals surface area contributed by atoms with Gasteiger partial charge in [0.15, 0.2) is 0 Å². The second-order valence-corrected chi connectivity index (χ2v) is 7.91. The molecule has 0 N–H and O–H groups in total. The number of hydrogen-bond acceptors (Lipinski definition) is 4. The molecule has 10 heavy (non-hydrogen) atoms. The van der Waals surface area contributed by atoms with E-state index in [1.165, 1.54) is 11.4 Å². The quantitative estimate of drug-likeness (QED) is 0.635. The van der Waals surface area contributed by atoms with Crippen LogP contribution in [-0.4, -0.2) is 19.5 Å². The van der Waals surface area contributed by atoms with Gasteiger partial charge in [0, 0.05) is 0 Å². The summed E-state index contributed by atoms with van der Waals surface area (Å²) in [6.45, 7) is 5.13. The molecule has 62 valence electrons. The molecule has 0 radical (unpaired) electrons. The lowest BCUT2D eigenvalue weighted by Crippen LogP contribution is -1.90. The van der Waals surface area contributed by atoms with Crippen LogP contribution in [-0.2, 0) is 20.9 Å². The Labute approximate surface area is 71.6 Å². The van der Waals surface area contributed by atoms with Gasteiger partial charge in [0.1, 0.15) is 0 Å². The smallest absolute Gasteiger partial charge is 0.247 e. The first-order valence-corrected chi connectivity index (χ1v) is 7.60. The molecule has 0 aliphatic carbocycles. The standard InChI is InChI=1S/C5H13O2PS2/c1-4-6-8(9,10-3)7-5-2/h4-5H2,1-3H3. The van der Waals surface area contributed by atoms with Gasteiger partial charge in [-0.15, -0.1) is 0 Å². The van der Waals surface area contributed by atoms with Crippen molar-refractivity contribution in [3.8, 4) is 0 Å². The van der Waals surface area contributed by atoms with Gasteiger partial charge in [-0.2, -0.15) is 0 Å². The topological polar surface area (TPSA) is 18.5 Å². The summed E-state index contributed by atoms with van der Waals surface area (Å²) in [5.74, 6) is 0. The summed E-state index contributed by atoms with van der Waals surface area (Å²) in [7, 11) is 0. The van der Waals surface area contributed by atoms with E-state index in [9.17, 15) is 0 Å². The lowest BCUT2D eigenvalue weighted by atomic mass is 10.9. The van der Waals surface area contributed by atoms with Crippen LogP contribution in [0.3, 0.4) is 0 Å². The summed E-state index contributed by atoms with van der Waals surface area (Å²) < 4.78 is 10.6. The van der Waals surface area contributed by atoms with E-state index in [1.807, 2.05) is 20.1 Å². The highest BCUT2D eigenvalue weighted by Crippen LogP contribution is 2.59. The van der Waals surface area contributed by atoms with Gasteiger partial charge in [-0.05, 0) is 31.9 Å². The molecule has 2 nitrogen and oxygen atoms in total. The molecule has 0 amide bonds. The first kappa shape index (κ1) is 10.9. The zero-order valence-corrected chi connectivity index (χ0v) is 9.02. The predicted octanol–water partition coefficient (Wildman–Crippen LogP) is 2.65. The van der Waals surface area contributed by atoms with Gasteiger partial charge >= 0.3 is 0 Å². The monoisotopic (exact) mass is 200 g/mol. The Hall–Kier alpha value is 0.920. The second-order valence-electron chi connectivity index (χ2n) is 1.47. The minimum atomic E-state index is -1.95. The molecule has 0 saturated heterocycles. The number of rotatable bonds is 5. The maximum absolute atomic E-state index is 5.29. The molecule has 0 spiro atoms. The van der Waals surface area contributed by atoms with E-state index in [-0.39, 0.29) is 0 Å². The highest BCUT2D eigenvalue weighted by molar-refractivity contribution is 8.67. The van der Waals surface area contributed by atoms with Crippen molar-refractivity contribution in [2.75, 3.05) is 19.5 Å². The first-order chi connectivity index (χ1) is 4.68. The van der Waals surface area contributed by atoms with E-state index in [2.05, 4.69) is 0 Å². The van der Waals surface area contributed by atoms with E-state index >= 15 is 0 Å². The molecule has 0 aromatic heterocycles. The van der Waals surface area contributed by atoms with Crippen LogP contribution in [0.5, 0.6) is 0 Å². The molecule has 0 aliphatic heterocycles. The maximum atomic E-state index is 5.29. The Morgan fingerprint density at radius 2 is 1.70 bits per heavy atom. The highest BCUT2D eigenvalue weighted by Gasteiger charge is 2.14. The van der Waals surface area contributed by atoms with Crippen LogP contribution < -0.4 is 0 Å². The van der Waals surface area contributed by atoms with Crippen molar-refractivity contribution in [3.63, 3.8) is 0 Å². The Morgan fingerprint density at radius 1 is 1.30 bits per heavy atom. The second kappa shape index (κ2) is 5.56. The van der Waals surface area contributed by atoms with Crippen molar-refractivity contribution in [1.29, 1.82) is 0 Å². The van der Waals surface area contributed by atoms with Gasteiger partial charge in [0.25, 0.3) is 0 Å². The summed E-state index contributed by atoms with van der Waals surface area (Å²) >= 11 is 6.63. The van der Waals surface area contributed by atoms with E-state index in [4.69, 9.17) is 20.9 Å². The third-order valence-corrected chi connectivity index (χ3v) is 6.34. The van der Waals surface area contributed by atoms with E-state index < -0.39 is 5.69 Å². The van der Waals surface area contributed by atoms with Crippen LogP contribution in [0, 0.1) is 0 Å². The summed E-state index contributed by atoms with van der Waals surface area (Å²) in [5.41, 5.74) is -1.95. The van der Waals surface area contributed by atoms with Gasteiger partial charge in [-0.25, -0.2) is 0 Å². The third-order valence-electron chi connectivity index (χ3n) is 0.798. The molecule has 0 heterocycles. The molecule has 0 bridgehead atoms. The molecule has 0 saturated carbocycles.